The Labute approximate surface area is 158 Å². The SMILES string of the molecule is COc1c(C(=O)Nc2cnoc2)nc(-c2nc3ccccc3n2C)n(C)c1=O. The van der Waals surface area contributed by atoms with Crippen LogP contribution in [0.3, 0.4) is 0 Å². The molecule has 10 heteroatoms. The number of nitrogens with zero attached hydrogens (tertiary/aromatic N) is 5. The average molecular weight is 380 g/mol. The van der Waals surface area contributed by atoms with Gasteiger partial charge in [0.15, 0.2) is 17.3 Å². The van der Waals surface area contributed by atoms with Crippen molar-refractivity contribution in [2.24, 2.45) is 14.1 Å². The Hall–Kier alpha value is -3.95. The number of aromatic nitrogens is 5. The van der Waals surface area contributed by atoms with Crippen molar-refractivity contribution in [3.63, 3.8) is 0 Å². The van der Waals surface area contributed by atoms with Gasteiger partial charge < -0.3 is 19.1 Å². The number of para-hydroxylation sites is 2. The van der Waals surface area contributed by atoms with Crippen molar-refractivity contribution in [3.05, 3.63) is 52.8 Å². The highest BCUT2D eigenvalue weighted by atomic mass is 16.5. The molecule has 0 radical (unpaired) electrons. The van der Waals surface area contributed by atoms with Crippen molar-refractivity contribution in [2.75, 3.05) is 12.4 Å². The minimum absolute atomic E-state index is 0.158. The van der Waals surface area contributed by atoms with Crippen molar-refractivity contribution in [1.29, 1.82) is 0 Å². The molecule has 3 heterocycles. The fourth-order valence-corrected chi connectivity index (χ4v) is 2.92. The molecule has 1 amide bonds. The molecule has 0 fully saturated rings. The van der Waals surface area contributed by atoms with E-state index in [0.29, 0.717) is 11.5 Å². The topological polar surface area (TPSA) is 117 Å². The highest BCUT2D eigenvalue weighted by Crippen LogP contribution is 2.23. The summed E-state index contributed by atoms with van der Waals surface area (Å²) in [6.07, 6.45) is 2.59. The van der Waals surface area contributed by atoms with Gasteiger partial charge in [0.2, 0.25) is 5.75 Å². The van der Waals surface area contributed by atoms with E-state index in [1.54, 1.807) is 7.05 Å². The highest BCUT2D eigenvalue weighted by Gasteiger charge is 2.24. The molecule has 1 N–H and O–H groups in total. The molecule has 10 nitrogen and oxygen atoms in total. The van der Waals surface area contributed by atoms with E-state index in [4.69, 9.17) is 9.26 Å². The number of carbonyl (C=O) groups excluding carboxylic acids is 1. The van der Waals surface area contributed by atoms with Crippen LogP contribution in [0.1, 0.15) is 10.5 Å². The number of benzene rings is 1. The van der Waals surface area contributed by atoms with E-state index in [-0.39, 0.29) is 17.3 Å². The van der Waals surface area contributed by atoms with Crippen LogP contribution >= 0.6 is 0 Å². The third-order valence-electron chi connectivity index (χ3n) is 4.35. The maximum Gasteiger partial charge on any atom is 0.296 e. The molecule has 28 heavy (non-hydrogen) atoms. The van der Waals surface area contributed by atoms with Crippen molar-refractivity contribution >= 4 is 22.6 Å². The summed E-state index contributed by atoms with van der Waals surface area (Å²) in [4.78, 5) is 34.5. The number of nitrogens with one attached hydrogen (secondary N) is 1. The van der Waals surface area contributed by atoms with Crippen LogP contribution in [0.15, 0.2) is 46.0 Å². The van der Waals surface area contributed by atoms with E-state index in [0.717, 1.165) is 11.0 Å². The van der Waals surface area contributed by atoms with Crippen molar-refractivity contribution in [1.82, 2.24) is 24.3 Å². The highest BCUT2D eigenvalue weighted by molar-refractivity contribution is 6.04. The summed E-state index contributed by atoms with van der Waals surface area (Å²) in [5.41, 5.74) is 1.29. The zero-order valence-electron chi connectivity index (χ0n) is 15.3. The molecule has 0 bridgehead atoms. The standard InChI is InChI=1S/C18H16N6O4/c1-23-12-7-5-4-6-11(12)21-15(23)16-22-13(14(27-3)18(26)24(16)2)17(25)20-10-8-19-28-9-10/h4-9H,1-3H3,(H,20,25). The summed E-state index contributed by atoms with van der Waals surface area (Å²) in [5, 5.41) is 6.09. The molecule has 1 aromatic carbocycles. The second kappa shape index (κ2) is 6.65. The van der Waals surface area contributed by atoms with Gasteiger partial charge in [0, 0.05) is 14.1 Å². The first-order chi connectivity index (χ1) is 13.5. The second-order valence-corrected chi connectivity index (χ2v) is 6.03. The van der Waals surface area contributed by atoms with Crippen LogP contribution in [0.25, 0.3) is 22.7 Å². The summed E-state index contributed by atoms with van der Waals surface area (Å²) in [5.74, 6) is -0.112. The number of aryl methyl sites for hydroxylation is 1. The molecule has 0 atom stereocenters. The number of methoxy groups -OCH3 is 1. The van der Waals surface area contributed by atoms with Gasteiger partial charge in [0.1, 0.15) is 12.0 Å². The molecule has 142 valence electrons. The second-order valence-electron chi connectivity index (χ2n) is 6.03. The zero-order chi connectivity index (χ0) is 19.8. The van der Waals surface area contributed by atoms with Gasteiger partial charge in [-0.15, -0.1) is 0 Å². The molecular weight excluding hydrogens is 364 g/mol. The van der Waals surface area contributed by atoms with Crippen molar-refractivity contribution < 1.29 is 14.1 Å². The predicted octanol–water partition coefficient (Wildman–Crippen LogP) is 1.58. The third-order valence-corrected chi connectivity index (χ3v) is 4.35. The minimum Gasteiger partial charge on any atom is -0.489 e. The Morgan fingerprint density at radius 3 is 2.57 bits per heavy atom. The van der Waals surface area contributed by atoms with Gasteiger partial charge in [-0.1, -0.05) is 17.3 Å². The Kier molecular flexibility index (Phi) is 4.15. The Morgan fingerprint density at radius 2 is 1.89 bits per heavy atom. The number of anilines is 1. The molecule has 0 spiro atoms. The number of carbonyl (C=O) groups is 1. The minimum atomic E-state index is -0.627. The quantitative estimate of drug-likeness (QED) is 0.571. The first kappa shape index (κ1) is 17.5. The average Bonchev–Trinajstić information content (AvgIpc) is 3.32. The monoisotopic (exact) mass is 380 g/mol. The number of amides is 1. The summed E-state index contributed by atoms with van der Waals surface area (Å²) in [6.45, 7) is 0. The number of ether oxygens (including phenoxy) is 1. The molecule has 0 aliphatic rings. The fourth-order valence-electron chi connectivity index (χ4n) is 2.92. The molecule has 4 aromatic rings. The van der Waals surface area contributed by atoms with Crippen LogP contribution in [0.5, 0.6) is 5.75 Å². The van der Waals surface area contributed by atoms with Crippen LogP contribution in [-0.2, 0) is 14.1 Å². The molecule has 0 saturated heterocycles. The normalized spacial score (nSPS) is 11.0. The zero-order valence-corrected chi connectivity index (χ0v) is 15.3. The number of imidazole rings is 1. The van der Waals surface area contributed by atoms with Gasteiger partial charge in [0.05, 0.1) is 24.3 Å². The van der Waals surface area contributed by atoms with Crippen LogP contribution in [-0.4, -0.2) is 37.3 Å². The molecule has 0 unspecified atom stereocenters. The summed E-state index contributed by atoms with van der Waals surface area (Å²) in [7, 11) is 4.68. The number of fused-ring (bicyclic) bond motifs is 1. The Balaban J connectivity index is 1.90. The maximum absolute atomic E-state index is 12.8. The van der Waals surface area contributed by atoms with Crippen molar-refractivity contribution in [2.45, 2.75) is 0 Å². The molecule has 4 rings (SSSR count). The van der Waals surface area contributed by atoms with Gasteiger partial charge in [-0.2, -0.15) is 0 Å². The lowest BCUT2D eigenvalue weighted by Crippen LogP contribution is -2.27. The van der Waals surface area contributed by atoms with Crippen LogP contribution in [0.4, 0.5) is 5.69 Å². The first-order valence-corrected chi connectivity index (χ1v) is 8.29. The summed E-state index contributed by atoms with van der Waals surface area (Å²) in [6, 6.07) is 7.54. The van der Waals surface area contributed by atoms with Crippen LogP contribution in [0.2, 0.25) is 0 Å². The van der Waals surface area contributed by atoms with E-state index in [9.17, 15) is 9.59 Å². The molecular formula is C18H16N6O4. The number of hydrogen-bond acceptors (Lipinski definition) is 7. The maximum atomic E-state index is 12.8. The van der Waals surface area contributed by atoms with Crippen LogP contribution < -0.4 is 15.6 Å². The smallest absolute Gasteiger partial charge is 0.296 e. The number of rotatable bonds is 4. The summed E-state index contributed by atoms with van der Waals surface area (Å²) < 4.78 is 13.0. The number of hydrogen-bond donors (Lipinski definition) is 1. The third kappa shape index (κ3) is 2.71. The lowest BCUT2D eigenvalue weighted by molar-refractivity contribution is 0.101. The van der Waals surface area contributed by atoms with Gasteiger partial charge >= 0.3 is 0 Å². The van der Waals surface area contributed by atoms with Crippen molar-refractivity contribution in [3.8, 4) is 17.4 Å². The summed E-state index contributed by atoms with van der Waals surface area (Å²) >= 11 is 0. The molecule has 3 aromatic heterocycles. The molecule has 0 aliphatic carbocycles. The Bertz CT molecular complexity index is 1240. The Morgan fingerprint density at radius 1 is 1.14 bits per heavy atom. The van der Waals surface area contributed by atoms with E-state index in [2.05, 4.69) is 20.4 Å². The van der Waals surface area contributed by atoms with Gasteiger partial charge in [-0.3, -0.25) is 14.2 Å². The molecule has 0 aliphatic heterocycles. The lowest BCUT2D eigenvalue weighted by atomic mass is 10.3. The first-order valence-electron chi connectivity index (χ1n) is 8.29. The fraction of sp³-hybridized carbons (Fsp3) is 0.167. The van der Waals surface area contributed by atoms with Gasteiger partial charge in [-0.25, -0.2) is 9.97 Å². The lowest BCUT2D eigenvalue weighted by Gasteiger charge is -2.13. The van der Waals surface area contributed by atoms with Gasteiger partial charge in [0.25, 0.3) is 11.5 Å². The van der Waals surface area contributed by atoms with E-state index >= 15 is 0 Å². The van der Waals surface area contributed by atoms with Crippen LogP contribution in [0, 0.1) is 0 Å². The molecule has 0 saturated carbocycles. The largest absolute Gasteiger partial charge is 0.489 e. The van der Waals surface area contributed by atoms with Gasteiger partial charge in [-0.05, 0) is 12.1 Å². The van der Waals surface area contributed by atoms with E-state index < -0.39 is 11.5 Å². The predicted molar refractivity (Wildman–Crippen MR) is 100 cm³/mol. The van der Waals surface area contributed by atoms with E-state index in [1.165, 1.54) is 24.1 Å². The van der Waals surface area contributed by atoms with E-state index in [1.807, 2.05) is 35.9 Å².